The van der Waals surface area contributed by atoms with Gasteiger partial charge in [0.25, 0.3) is 0 Å². The van der Waals surface area contributed by atoms with Crippen LogP contribution >= 0.6 is 15.9 Å². The number of halogens is 1. The lowest BCUT2D eigenvalue weighted by Gasteiger charge is -2.25. The molecule has 4 nitrogen and oxygen atoms in total. The highest BCUT2D eigenvalue weighted by molar-refractivity contribution is 9.10. The predicted molar refractivity (Wildman–Crippen MR) is 80.4 cm³/mol. The summed E-state index contributed by atoms with van der Waals surface area (Å²) in [6.45, 7) is 0. The standard InChI is InChI=1S/C15H18BrN3O/c16-11-5-3-4-10(8-11)9-14-18-15(20-19-14)12-6-1-2-7-13(12)17/h3-5,8,12-13H,1-2,6-7,9,17H2. The molecule has 1 heterocycles. The molecule has 20 heavy (non-hydrogen) atoms. The molecule has 1 aliphatic rings. The Balaban J connectivity index is 1.73. The van der Waals surface area contributed by atoms with Crippen LogP contribution in [0.5, 0.6) is 0 Å². The third-order valence-corrected chi connectivity index (χ3v) is 4.36. The minimum atomic E-state index is 0.155. The molecule has 0 spiro atoms. The number of benzene rings is 1. The first-order chi connectivity index (χ1) is 9.72. The Morgan fingerprint density at radius 2 is 2.15 bits per heavy atom. The van der Waals surface area contributed by atoms with Crippen molar-refractivity contribution in [2.75, 3.05) is 0 Å². The summed E-state index contributed by atoms with van der Waals surface area (Å²) >= 11 is 3.47. The highest BCUT2D eigenvalue weighted by Crippen LogP contribution is 2.31. The predicted octanol–water partition coefficient (Wildman–Crippen LogP) is 3.41. The summed E-state index contributed by atoms with van der Waals surface area (Å²) in [6.07, 6.45) is 5.19. The number of rotatable bonds is 3. The van der Waals surface area contributed by atoms with E-state index in [2.05, 4.69) is 38.2 Å². The van der Waals surface area contributed by atoms with Gasteiger partial charge in [-0.25, -0.2) is 0 Å². The van der Waals surface area contributed by atoms with E-state index in [1.54, 1.807) is 0 Å². The Kier molecular flexibility index (Phi) is 4.17. The summed E-state index contributed by atoms with van der Waals surface area (Å²) in [5.41, 5.74) is 7.33. The van der Waals surface area contributed by atoms with Gasteiger partial charge in [-0.15, -0.1) is 0 Å². The molecule has 1 aromatic heterocycles. The van der Waals surface area contributed by atoms with Gasteiger partial charge in [-0.3, -0.25) is 0 Å². The van der Waals surface area contributed by atoms with Crippen molar-refractivity contribution < 1.29 is 4.52 Å². The van der Waals surface area contributed by atoms with Gasteiger partial charge in [-0.2, -0.15) is 4.98 Å². The van der Waals surface area contributed by atoms with Gasteiger partial charge in [0.1, 0.15) is 0 Å². The molecule has 2 atom stereocenters. The summed E-state index contributed by atoms with van der Waals surface area (Å²) < 4.78 is 6.49. The van der Waals surface area contributed by atoms with Crippen LogP contribution in [0.2, 0.25) is 0 Å². The number of aromatic nitrogens is 2. The summed E-state index contributed by atoms with van der Waals surface area (Å²) in [7, 11) is 0. The van der Waals surface area contributed by atoms with Gasteiger partial charge < -0.3 is 10.3 Å². The summed E-state index contributed by atoms with van der Waals surface area (Å²) in [5.74, 6) is 1.67. The lowest BCUT2D eigenvalue weighted by atomic mass is 9.85. The van der Waals surface area contributed by atoms with Crippen LogP contribution in [0.3, 0.4) is 0 Å². The molecule has 0 aliphatic heterocycles. The molecule has 1 fully saturated rings. The van der Waals surface area contributed by atoms with Crippen LogP contribution in [0.4, 0.5) is 0 Å². The monoisotopic (exact) mass is 335 g/mol. The Morgan fingerprint density at radius 1 is 1.30 bits per heavy atom. The van der Waals surface area contributed by atoms with Crippen LogP contribution in [0.25, 0.3) is 0 Å². The minimum Gasteiger partial charge on any atom is -0.339 e. The normalized spacial score (nSPS) is 22.9. The van der Waals surface area contributed by atoms with Gasteiger partial charge in [0.2, 0.25) is 5.89 Å². The smallest absolute Gasteiger partial charge is 0.231 e. The zero-order valence-corrected chi connectivity index (χ0v) is 12.8. The van der Waals surface area contributed by atoms with E-state index in [4.69, 9.17) is 10.3 Å². The fourth-order valence-electron chi connectivity index (χ4n) is 2.79. The van der Waals surface area contributed by atoms with Crippen molar-refractivity contribution in [3.05, 3.63) is 46.0 Å². The largest absolute Gasteiger partial charge is 0.339 e. The molecule has 0 saturated heterocycles. The maximum absolute atomic E-state index is 6.16. The lowest BCUT2D eigenvalue weighted by molar-refractivity contribution is 0.289. The van der Waals surface area contributed by atoms with Crippen LogP contribution in [0, 0.1) is 0 Å². The van der Waals surface area contributed by atoms with Gasteiger partial charge in [-0.1, -0.05) is 46.1 Å². The maximum atomic E-state index is 6.16. The summed E-state index contributed by atoms with van der Waals surface area (Å²) in [4.78, 5) is 4.54. The topological polar surface area (TPSA) is 64.9 Å². The Labute approximate surface area is 126 Å². The highest BCUT2D eigenvalue weighted by Gasteiger charge is 2.28. The minimum absolute atomic E-state index is 0.155. The average Bonchev–Trinajstić information content (AvgIpc) is 2.87. The van der Waals surface area contributed by atoms with E-state index >= 15 is 0 Å². The van der Waals surface area contributed by atoms with Crippen molar-refractivity contribution in [1.29, 1.82) is 0 Å². The van der Waals surface area contributed by atoms with E-state index < -0.39 is 0 Å². The van der Waals surface area contributed by atoms with Crippen LogP contribution in [0.15, 0.2) is 33.3 Å². The molecule has 0 bridgehead atoms. The van der Waals surface area contributed by atoms with Gasteiger partial charge in [0.05, 0.1) is 5.92 Å². The Morgan fingerprint density at radius 3 is 2.95 bits per heavy atom. The van der Waals surface area contributed by atoms with Crippen molar-refractivity contribution in [3.8, 4) is 0 Å². The van der Waals surface area contributed by atoms with Crippen molar-refractivity contribution >= 4 is 15.9 Å². The highest BCUT2D eigenvalue weighted by atomic mass is 79.9. The van der Waals surface area contributed by atoms with Gasteiger partial charge in [0.15, 0.2) is 5.82 Å². The van der Waals surface area contributed by atoms with Crippen molar-refractivity contribution in [2.45, 2.75) is 44.1 Å². The van der Waals surface area contributed by atoms with Crippen molar-refractivity contribution in [2.24, 2.45) is 5.73 Å². The van der Waals surface area contributed by atoms with E-state index in [9.17, 15) is 0 Å². The molecule has 1 aliphatic carbocycles. The SMILES string of the molecule is NC1CCCCC1c1nc(Cc2cccc(Br)c2)no1. The molecule has 2 N–H and O–H groups in total. The molecule has 1 aromatic carbocycles. The van der Waals surface area contributed by atoms with E-state index in [0.717, 1.165) is 23.1 Å². The molecule has 0 radical (unpaired) electrons. The van der Waals surface area contributed by atoms with Crippen molar-refractivity contribution in [1.82, 2.24) is 10.1 Å². The molecular weight excluding hydrogens is 318 g/mol. The van der Waals surface area contributed by atoms with E-state index in [0.29, 0.717) is 12.3 Å². The first-order valence-electron chi connectivity index (χ1n) is 7.05. The van der Waals surface area contributed by atoms with Crippen LogP contribution < -0.4 is 5.73 Å². The maximum Gasteiger partial charge on any atom is 0.231 e. The molecule has 5 heteroatoms. The first kappa shape index (κ1) is 13.8. The van der Waals surface area contributed by atoms with E-state index in [1.807, 2.05) is 12.1 Å². The molecule has 106 valence electrons. The Bertz CT molecular complexity index is 584. The number of hydrogen-bond acceptors (Lipinski definition) is 4. The third kappa shape index (κ3) is 3.10. The second-order valence-corrected chi connectivity index (χ2v) is 6.33. The third-order valence-electron chi connectivity index (χ3n) is 3.87. The fourth-order valence-corrected chi connectivity index (χ4v) is 3.23. The van der Waals surface area contributed by atoms with E-state index in [-0.39, 0.29) is 12.0 Å². The molecule has 2 unspecified atom stereocenters. The molecule has 1 saturated carbocycles. The lowest BCUT2D eigenvalue weighted by Crippen LogP contribution is -2.31. The summed E-state index contributed by atoms with van der Waals surface area (Å²) in [5, 5.41) is 4.09. The second-order valence-electron chi connectivity index (χ2n) is 5.41. The average molecular weight is 336 g/mol. The zero-order valence-electron chi connectivity index (χ0n) is 11.3. The molecule has 0 amide bonds. The fraction of sp³-hybridized carbons (Fsp3) is 0.467. The number of nitrogens with zero attached hydrogens (tertiary/aromatic N) is 2. The number of hydrogen-bond donors (Lipinski definition) is 1. The Hall–Kier alpha value is -1.20. The van der Waals surface area contributed by atoms with Crippen LogP contribution in [-0.2, 0) is 6.42 Å². The molecular formula is C15H18BrN3O. The molecule has 3 rings (SSSR count). The van der Waals surface area contributed by atoms with Crippen LogP contribution in [-0.4, -0.2) is 16.2 Å². The van der Waals surface area contributed by atoms with Gasteiger partial charge in [-0.05, 0) is 30.5 Å². The summed E-state index contributed by atoms with van der Waals surface area (Å²) in [6, 6.07) is 8.31. The van der Waals surface area contributed by atoms with Gasteiger partial charge >= 0.3 is 0 Å². The molecule has 2 aromatic rings. The number of nitrogens with two attached hydrogens (primary N) is 1. The van der Waals surface area contributed by atoms with Gasteiger partial charge in [0, 0.05) is 16.9 Å². The quantitative estimate of drug-likeness (QED) is 0.933. The van der Waals surface area contributed by atoms with Crippen molar-refractivity contribution in [3.63, 3.8) is 0 Å². The zero-order chi connectivity index (χ0) is 13.9. The van der Waals surface area contributed by atoms with E-state index in [1.165, 1.54) is 18.4 Å². The first-order valence-corrected chi connectivity index (χ1v) is 7.84. The van der Waals surface area contributed by atoms with Crippen LogP contribution in [0.1, 0.15) is 48.9 Å². The second kappa shape index (κ2) is 6.06.